The van der Waals surface area contributed by atoms with E-state index < -0.39 is 0 Å². The Bertz CT molecular complexity index is 945. The van der Waals surface area contributed by atoms with E-state index in [4.69, 9.17) is 22.3 Å². The van der Waals surface area contributed by atoms with Gasteiger partial charge in [-0.1, -0.05) is 17.7 Å². The summed E-state index contributed by atoms with van der Waals surface area (Å²) in [7, 11) is 0. The molecule has 1 fully saturated rings. The van der Waals surface area contributed by atoms with Crippen LogP contribution in [0.3, 0.4) is 0 Å². The number of anilines is 1. The molecule has 3 aromatic rings. The van der Waals surface area contributed by atoms with Gasteiger partial charge in [0, 0.05) is 6.42 Å². The van der Waals surface area contributed by atoms with Gasteiger partial charge < -0.3 is 5.73 Å². The molecule has 0 amide bonds. The van der Waals surface area contributed by atoms with Crippen molar-refractivity contribution in [3.8, 4) is 5.69 Å². The Kier molecular flexibility index (Phi) is 3.31. The first-order valence-corrected chi connectivity index (χ1v) is 7.93. The Morgan fingerprint density at radius 1 is 1.26 bits per heavy atom. The van der Waals surface area contributed by atoms with Crippen LogP contribution in [0.5, 0.6) is 0 Å². The Morgan fingerprint density at radius 2 is 2.09 bits per heavy atom. The molecule has 5 nitrogen and oxygen atoms in total. The standard InChI is InChI=1S/C17H15ClN4O/c18-12-2-1-3-13-16(12)17(23)22(11-6-7-14(19)20-9-11)15(21-13)8-10-4-5-10/h1-3,6-7,9-10H,4-5,8H2,(H2,19,20). The number of benzene rings is 1. The summed E-state index contributed by atoms with van der Waals surface area (Å²) in [5.41, 5.74) is 6.79. The van der Waals surface area contributed by atoms with Gasteiger partial charge in [-0.15, -0.1) is 0 Å². The zero-order valence-corrected chi connectivity index (χ0v) is 13.1. The number of nitrogens with zero attached hydrogens (tertiary/aromatic N) is 3. The van der Waals surface area contributed by atoms with Gasteiger partial charge in [-0.25, -0.2) is 9.97 Å². The molecule has 23 heavy (non-hydrogen) atoms. The number of nitrogens with two attached hydrogens (primary N) is 1. The van der Waals surface area contributed by atoms with Gasteiger partial charge in [-0.3, -0.25) is 9.36 Å². The van der Waals surface area contributed by atoms with E-state index in [0.29, 0.717) is 33.3 Å². The number of hydrogen-bond acceptors (Lipinski definition) is 4. The molecular formula is C17H15ClN4O. The summed E-state index contributed by atoms with van der Waals surface area (Å²) in [6.45, 7) is 0. The van der Waals surface area contributed by atoms with Crippen molar-refractivity contribution in [2.24, 2.45) is 5.92 Å². The molecule has 0 spiro atoms. The topological polar surface area (TPSA) is 73.8 Å². The van der Waals surface area contributed by atoms with Crippen LogP contribution in [0.4, 0.5) is 5.82 Å². The molecule has 2 N–H and O–H groups in total. The van der Waals surface area contributed by atoms with Crippen LogP contribution < -0.4 is 11.3 Å². The van der Waals surface area contributed by atoms with Crippen molar-refractivity contribution in [3.05, 3.63) is 57.7 Å². The second-order valence-corrected chi connectivity index (χ2v) is 6.30. The van der Waals surface area contributed by atoms with Gasteiger partial charge in [0.1, 0.15) is 11.6 Å². The molecule has 1 aromatic carbocycles. The van der Waals surface area contributed by atoms with Crippen LogP contribution in [-0.2, 0) is 6.42 Å². The second-order valence-electron chi connectivity index (χ2n) is 5.89. The minimum absolute atomic E-state index is 0.164. The molecule has 2 heterocycles. The fraction of sp³-hybridized carbons (Fsp3) is 0.235. The molecule has 1 aliphatic carbocycles. The summed E-state index contributed by atoms with van der Waals surface area (Å²) in [4.78, 5) is 21.8. The van der Waals surface area contributed by atoms with Crippen LogP contribution in [0.1, 0.15) is 18.7 Å². The van der Waals surface area contributed by atoms with Gasteiger partial charge in [0.25, 0.3) is 5.56 Å². The van der Waals surface area contributed by atoms with E-state index in [2.05, 4.69) is 4.98 Å². The highest BCUT2D eigenvalue weighted by Crippen LogP contribution is 2.33. The maximum Gasteiger partial charge on any atom is 0.267 e. The minimum Gasteiger partial charge on any atom is -0.384 e. The predicted octanol–water partition coefficient (Wildman–Crippen LogP) is 2.97. The third kappa shape index (κ3) is 2.57. The monoisotopic (exact) mass is 326 g/mol. The average Bonchev–Trinajstić information content (AvgIpc) is 3.33. The van der Waals surface area contributed by atoms with Gasteiger partial charge in [0.2, 0.25) is 0 Å². The molecule has 0 aliphatic heterocycles. The Balaban J connectivity index is 2.02. The normalized spacial score (nSPS) is 14.3. The molecule has 1 saturated carbocycles. The summed E-state index contributed by atoms with van der Waals surface area (Å²) < 4.78 is 1.61. The summed E-state index contributed by atoms with van der Waals surface area (Å²) in [6.07, 6.45) is 4.74. The molecule has 116 valence electrons. The van der Waals surface area contributed by atoms with Crippen molar-refractivity contribution in [1.82, 2.24) is 14.5 Å². The fourth-order valence-electron chi connectivity index (χ4n) is 2.75. The molecule has 2 aromatic heterocycles. The number of halogens is 1. The van der Waals surface area contributed by atoms with Crippen LogP contribution in [0.15, 0.2) is 41.3 Å². The fourth-order valence-corrected chi connectivity index (χ4v) is 3.00. The molecule has 1 aliphatic rings. The average molecular weight is 327 g/mol. The van der Waals surface area contributed by atoms with Crippen molar-refractivity contribution in [2.75, 3.05) is 5.73 Å². The lowest BCUT2D eigenvalue weighted by molar-refractivity contribution is 0.727. The molecule has 6 heteroatoms. The predicted molar refractivity (Wildman–Crippen MR) is 91.0 cm³/mol. The van der Waals surface area contributed by atoms with Crippen molar-refractivity contribution in [2.45, 2.75) is 19.3 Å². The van der Waals surface area contributed by atoms with Crippen molar-refractivity contribution in [3.63, 3.8) is 0 Å². The Labute approximate surface area is 137 Å². The van der Waals surface area contributed by atoms with Gasteiger partial charge in [-0.2, -0.15) is 0 Å². The lowest BCUT2D eigenvalue weighted by atomic mass is 10.2. The number of aromatic nitrogens is 3. The zero-order chi connectivity index (χ0) is 16.0. The number of pyridine rings is 1. The number of nitrogen functional groups attached to an aromatic ring is 1. The zero-order valence-electron chi connectivity index (χ0n) is 12.4. The third-order valence-electron chi connectivity index (χ3n) is 4.11. The first-order valence-electron chi connectivity index (χ1n) is 7.55. The van der Waals surface area contributed by atoms with Crippen LogP contribution in [-0.4, -0.2) is 14.5 Å². The third-order valence-corrected chi connectivity index (χ3v) is 4.43. The second kappa shape index (κ2) is 5.35. The smallest absolute Gasteiger partial charge is 0.267 e. The lowest BCUT2D eigenvalue weighted by Gasteiger charge is -2.13. The van der Waals surface area contributed by atoms with Gasteiger partial charge in [0.15, 0.2) is 0 Å². The molecule has 4 rings (SSSR count). The quantitative estimate of drug-likeness (QED) is 0.803. The number of rotatable bonds is 3. The summed E-state index contributed by atoms with van der Waals surface area (Å²) in [5, 5.41) is 0.848. The number of fused-ring (bicyclic) bond motifs is 1. The van der Waals surface area contributed by atoms with E-state index in [9.17, 15) is 4.79 Å². The maximum absolute atomic E-state index is 13.0. The first kappa shape index (κ1) is 14.2. The van der Waals surface area contributed by atoms with Crippen LogP contribution >= 0.6 is 11.6 Å². The highest BCUT2D eigenvalue weighted by molar-refractivity contribution is 6.35. The van der Waals surface area contributed by atoms with Crippen molar-refractivity contribution in [1.29, 1.82) is 0 Å². The van der Waals surface area contributed by atoms with Crippen molar-refractivity contribution >= 4 is 28.3 Å². The highest BCUT2D eigenvalue weighted by atomic mass is 35.5. The van der Waals surface area contributed by atoms with Crippen LogP contribution in [0, 0.1) is 5.92 Å². The molecule has 0 unspecified atom stereocenters. The lowest BCUT2D eigenvalue weighted by Crippen LogP contribution is -2.24. The van der Waals surface area contributed by atoms with E-state index in [-0.39, 0.29) is 5.56 Å². The highest BCUT2D eigenvalue weighted by Gasteiger charge is 2.25. The number of hydrogen-bond donors (Lipinski definition) is 1. The summed E-state index contributed by atoms with van der Waals surface area (Å²) in [5.74, 6) is 1.77. The maximum atomic E-state index is 13.0. The summed E-state index contributed by atoms with van der Waals surface area (Å²) in [6, 6.07) is 8.81. The van der Waals surface area contributed by atoms with E-state index in [1.807, 2.05) is 12.1 Å². The molecule has 0 atom stereocenters. The molecular weight excluding hydrogens is 312 g/mol. The molecule has 0 saturated heterocycles. The SMILES string of the molecule is Nc1ccc(-n2c(CC3CC3)nc3cccc(Cl)c3c2=O)cn1. The van der Waals surface area contributed by atoms with Gasteiger partial charge in [0.05, 0.1) is 27.8 Å². The van der Waals surface area contributed by atoms with Gasteiger partial charge in [-0.05, 0) is 43.0 Å². The van der Waals surface area contributed by atoms with E-state index in [0.717, 1.165) is 12.2 Å². The van der Waals surface area contributed by atoms with Crippen molar-refractivity contribution < 1.29 is 0 Å². The van der Waals surface area contributed by atoms with Crippen LogP contribution in [0.25, 0.3) is 16.6 Å². The van der Waals surface area contributed by atoms with Gasteiger partial charge >= 0.3 is 0 Å². The first-order chi connectivity index (χ1) is 11.1. The summed E-state index contributed by atoms with van der Waals surface area (Å²) >= 11 is 6.23. The largest absolute Gasteiger partial charge is 0.384 e. The van der Waals surface area contributed by atoms with E-state index in [1.54, 1.807) is 29.0 Å². The molecule has 0 radical (unpaired) electrons. The van der Waals surface area contributed by atoms with Crippen LogP contribution in [0.2, 0.25) is 5.02 Å². The van der Waals surface area contributed by atoms with E-state index >= 15 is 0 Å². The van der Waals surface area contributed by atoms with E-state index in [1.165, 1.54) is 12.8 Å². The minimum atomic E-state index is -0.164. The molecule has 0 bridgehead atoms. The Morgan fingerprint density at radius 3 is 2.78 bits per heavy atom. The Hall–Kier alpha value is -2.40.